The van der Waals surface area contributed by atoms with Gasteiger partial charge in [-0.05, 0) is 23.8 Å². The van der Waals surface area contributed by atoms with Crippen molar-refractivity contribution in [3.63, 3.8) is 0 Å². The van der Waals surface area contributed by atoms with E-state index in [2.05, 4.69) is 91.0 Å². The number of hydrogen-bond acceptors (Lipinski definition) is 1. The number of carboxylic acids is 1. The Bertz CT molecular complexity index is 614. The van der Waals surface area contributed by atoms with Crippen LogP contribution in [0.2, 0.25) is 0 Å². The van der Waals surface area contributed by atoms with Crippen LogP contribution < -0.4 is 15.9 Å². The fourth-order valence-corrected chi connectivity index (χ4v) is 4.48. The van der Waals surface area contributed by atoms with Gasteiger partial charge in [0.2, 0.25) is 0 Å². The zero-order valence-corrected chi connectivity index (χ0v) is 13.9. The summed E-state index contributed by atoms with van der Waals surface area (Å²) in [5.74, 6) is -0.833. The second-order valence-corrected chi connectivity index (χ2v) is 7.08. The molecule has 0 saturated carbocycles. The van der Waals surface area contributed by atoms with Gasteiger partial charge in [-0.1, -0.05) is 91.0 Å². The summed E-state index contributed by atoms with van der Waals surface area (Å²) in [6.45, 7) is 1.08. The third kappa shape index (κ3) is 5.36. The van der Waals surface area contributed by atoms with E-state index in [1.165, 1.54) is 15.9 Å². The van der Waals surface area contributed by atoms with Crippen molar-refractivity contribution in [2.24, 2.45) is 0 Å². The smallest absolute Gasteiger partial charge is 0.300 e. The van der Waals surface area contributed by atoms with Gasteiger partial charge in [-0.2, -0.15) is 0 Å². The van der Waals surface area contributed by atoms with Gasteiger partial charge in [-0.15, -0.1) is 0 Å². The number of hydrogen-bond donors (Lipinski definition) is 1. The molecular weight excluding hydrogens is 303 g/mol. The lowest BCUT2D eigenvalue weighted by atomic mass is 10.4. The molecule has 0 aliphatic heterocycles. The maximum Gasteiger partial charge on any atom is 0.300 e. The minimum absolute atomic E-state index is 0.446. The molecule has 3 rings (SSSR count). The lowest BCUT2D eigenvalue weighted by Gasteiger charge is -2.18. The topological polar surface area (TPSA) is 37.3 Å². The maximum atomic E-state index is 9.00. The lowest BCUT2D eigenvalue weighted by molar-refractivity contribution is -0.134. The number of benzene rings is 3. The molecule has 3 aromatic rings. The first-order valence-corrected chi connectivity index (χ1v) is 8.67. The summed E-state index contributed by atoms with van der Waals surface area (Å²) in [6, 6.07) is 32.3. The molecule has 116 valence electrons. The standard InChI is InChI=1S/C18H15P.C2H4O2/c1-4-10-16(11-5-1)19(17-12-6-2-7-13-17)18-14-8-3-9-15-18;1-2(3)4/h1-15H;1H3,(H,3,4). The van der Waals surface area contributed by atoms with Crippen LogP contribution in [0.3, 0.4) is 0 Å². The number of carbonyl (C=O) groups is 1. The van der Waals surface area contributed by atoms with E-state index >= 15 is 0 Å². The van der Waals surface area contributed by atoms with Gasteiger partial charge in [0.1, 0.15) is 0 Å². The largest absolute Gasteiger partial charge is 0.481 e. The predicted octanol–water partition coefficient (Wildman–Crippen LogP) is 3.54. The molecule has 0 amide bonds. The molecule has 0 aromatic heterocycles. The van der Waals surface area contributed by atoms with Gasteiger partial charge in [0, 0.05) is 6.92 Å². The van der Waals surface area contributed by atoms with E-state index in [0.717, 1.165) is 6.92 Å². The first-order chi connectivity index (χ1) is 11.2. The minimum Gasteiger partial charge on any atom is -0.481 e. The van der Waals surface area contributed by atoms with Gasteiger partial charge in [-0.25, -0.2) is 0 Å². The highest BCUT2D eigenvalue weighted by atomic mass is 31.1. The van der Waals surface area contributed by atoms with Crippen LogP contribution >= 0.6 is 7.92 Å². The molecule has 0 unspecified atom stereocenters. The number of carboxylic acid groups (broad SMARTS) is 1. The van der Waals surface area contributed by atoms with Crippen molar-refractivity contribution in [2.75, 3.05) is 0 Å². The summed E-state index contributed by atoms with van der Waals surface area (Å²) >= 11 is 0. The van der Waals surface area contributed by atoms with Crippen molar-refractivity contribution < 1.29 is 9.90 Å². The summed E-state index contributed by atoms with van der Waals surface area (Å²) in [5.41, 5.74) is 0. The van der Waals surface area contributed by atoms with Gasteiger partial charge in [0.05, 0.1) is 0 Å². The van der Waals surface area contributed by atoms with E-state index in [4.69, 9.17) is 9.90 Å². The zero-order valence-electron chi connectivity index (χ0n) is 13.0. The van der Waals surface area contributed by atoms with Crippen molar-refractivity contribution in [3.05, 3.63) is 91.0 Å². The quantitative estimate of drug-likeness (QED) is 0.749. The van der Waals surface area contributed by atoms with Crippen LogP contribution in [0.25, 0.3) is 0 Å². The SMILES string of the molecule is CC(=O)O.c1ccc(P(c2ccccc2)c2ccccc2)cc1. The molecule has 2 nitrogen and oxygen atoms in total. The first-order valence-electron chi connectivity index (χ1n) is 7.33. The normalized spacial score (nSPS) is 9.83. The van der Waals surface area contributed by atoms with Crippen LogP contribution in [0.5, 0.6) is 0 Å². The molecule has 0 aliphatic rings. The Hall–Kier alpha value is -2.44. The lowest BCUT2D eigenvalue weighted by Crippen LogP contribution is -2.20. The van der Waals surface area contributed by atoms with Gasteiger partial charge in [0.15, 0.2) is 0 Å². The average molecular weight is 322 g/mol. The summed E-state index contributed by atoms with van der Waals surface area (Å²) < 4.78 is 0. The Kier molecular flexibility index (Phi) is 6.53. The first kappa shape index (κ1) is 16.9. The van der Waals surface area contributed by atoms with Gasteiger partial charge in [0.25, 0.3) is 5.97 Å². The van der Waals surface area contributed by atoms with Crippen LogP contribution in [-0.4, -0.2) is 11.1 Å². The molecule has 0 fully saturated rings. The van der Waals surface area contributed by atoms with Gasteiger partial charge in [-0.3, -0.25) is 4.79 Å². The molecule has 0 spiro atoms. The third-order valence-corrected chi connectivity index (χ3v) is 5.49. The predicted molar refractivity (Wildman–Crippen MR) is 98.5 cm³/mol. The molecule has 1 N–H and O–H groups in total. The Morgan fingerprint density at radius 1 is 0.652 bits per heavy atom. The molecule has 0 bridgehead atoms. The molecule has 0 saturated heterocycles. The molecule has 0 radical (unpaired) electrons. The summed E-state index contributed by atoms with van der Waals surface area (Å²) in [7, 11) is -0.446. The average Bonchev–Trinajstić information content (AvgIpc) is 2.58. The zero-order chi connectivity index (χ0) is 16.5. The fourth-order valence-electron chi connectivity index (χ4n) is 2.18. The molecule has 0 aliphatic carbocycles. The van der Waals surface area contributed by atoms with Crippen LogP contribution in [0.4, 0.5) is 0 Å². The van der Waals surface area contributed by atoms with Crippen molar-refractivity contribution in [2.45, 2.75) is 6.92 Å². The van der Waals surface area contributed by atoms with Gasteiger partial charge >= 0.3 is 0 Å². The third-order valence-electron chi connectivity index (χ3n) is 3.04. The summed E-state index contributed by atoms with van der Waals surface area (Å²) in [5, 5.41) is 11.6. The Labute approximate surface area is 138 Å². The van der Waals surface area contributed by atoms with E-state index in [0.29, 0.717) is 0 Å². The van der Waals surface area contributed by atoms with E-state index in [1.54, 1.807) is 0 Å². The highest BCUT2D eigenvalue weighted by Crippen LogP contribution is 2.32. The van der Waals surface area contributed by atoms with Gasteiger partial charge < -0.3 is 5.11 Å². The number of aliphatic carboxylic acids is 1. The monoisotopic (exact) mass is 322 g/mol. The molecule has 23 heavy (non-hydrogen) atoms. The van der Waals surface area contributed by atoms with Crippen molar-refractivity contribution >= 4 is 29.8 Å². The Balaban J connectivity index is 0.000000433. The Morgan fingerprint density at radius 3 is 1.09 bits per heavy atom. The molecule has 0 atom stereocenters. The van der Waals surface area contributed by atoms with Crippen LogP contribution in [0, 0.1) is 0 Å². The van der Waals surface area contributed by atoms with E-state index in [9.17, 15) is 0 Å². The van der Waals surface area contributed by atoms with Crippen LogP contribution in [-0.2, 0) is 4.79 Å². The van der Waals surface area contributed by atoms with Crippen molar-refractivity contribution in [1.82, 2.24) is 0 Å². The molecule has 3 heteroatoms. The summed E-state index contributed by atoms with van der Waals surface area (Å²) in [6.07, 6.45) is 0. The highest BCUT2D eigenvalue weighted by Gasteiger charge is 2.14. The molecule has 0 heterocycles. The van der Waals surface area contributed by atoms with E-state index in [1.807, 2.05) is 0 Å². The summed E-state index contributed by atoms with van der Waals surface area (Å²) in [4.78, 5) is 9.00. The Morgan fingerprint density at radius 2 is 0.870 bits per heavy atom. The highest BCUT2D eigenvalue weighted by molar-refractivity contribution is 7.79. The fraction of sp³-hybridized carbons (Fsp3) is 0.0500. The maximum absolute atomic E-state index is 9.00. The number of rotatable bonds is 3. The molecular formula is C20H19O2P. The van der Waals surface area contributed by atoms with Crippen LogP contribution in [0.1, 0.15) is 6.92 Å². The minimum atomic E-state index is -0.833. The van der Waals surface area contributed by atoms with E-state index in [-0.39, 0.29) is 0 Å². The molecule has 3 aromatic carbocycles. The van der Waals surface area contributed by atoms with Crippen LogP contribution in [0.15, 0.2) is 91.0 Å². The van der Waals surface area contributed by atoms with Crippen molar-refractivity contribution in [1.29, 1.82) is 0 Å². The second-order valence-electron chi connectivity index (χ2n) is 4.86. The van der Waals surface area contributed by atoms with E-state index < -0.39 is 13.9 Å². The van der Waals surface area contributed by atoms with Crippen molar-refractivity contribution in [3.8, 4) is 0 Å². The second kappa shape index (κ2) is 8.87.